The van der Waals surface area contributed by atoms with Crippen LogP contribution in [0.5, 0.6) is 0 Å². The number of hydrogen-bond acceptors (Lipinski definition) is 5. The monoisotopic (exact) mass is 391 g/mol. The predicted molar refractivity (Wildman–Crippen MR) is 99.4 cm³/mol. The molecule has 0 aliphatic carbocycles. The van der Waals surface area contributed by atoms with Crippen LogP contribution < -0.4 is 0 Å². The quantitative estimate of drug-likeness (QED) is 0.642. The third-order valence-electron chi connectivity index (χ3n) is 3.89. The highest BCUT2D eigenvalue weighted by molar-refractivity contribution is 7.89. The second-order valence-electron chi connectivity index (χ2n) is 5.92. The molecule has 1 heterocycles. The maximum absolute atomic E-state index is 12.6. The molecule has 2 aromatic carbocycles. The lowest BCUT2D eigenvalue weighted by Crippen LogP contribution is -2.29. The number of hydrogen-bond donors (Lipinski definition) is 0. The molecule has 3 rings (SSSR count). The Morgan fingerprint density at radius 1 is 1.15 bits per heavy atom. The summed E-state index contributed by atoms with van der Waals surface area (Å²) in [5.41, 5.74) is 1.93. The summed E-state index contributed by atoms with van der Waals surface area (Å²) in [7, 11) is -2.11. The number of rotatable bonds is 6. The van der Waals surface area contributed by atoms with Gasteiger partial charge in [0.05, 0.1) is 4.90 Å². The summed E-state index contributed by atoms with van der Waals surface area (Å²) in [5, 5.41) is 4.31. The van der Waals surface area contributed by atoms with Crippen molar-refractivity contribution in [2.24, 2.45) is 0 Å². The second kappa shape index (κ2) is 7.57. The zero-order chi connectivity index (χ0) is 18.7. The van der Waals surface area contributed by atoms with E-state index in [1.165, 1.54) is 23.5 Å². The molecule has 0 spiro atoms. The Kier molecular flexibility index (Phi) is 5.41. The second-order valence-corrected chi connectivity index (χ2v) is 8.40. The number of likely N-dealkylation sites (N-methyl/N-ethyl adjacent to an activating group) is 1. The van der Waals surface area contributed by atoms with Gasteiger partial charge in [-0.2, -0.15) is 4.98 Å². The molecule has 0 atom stereocenters. The number of aromatic nitrogens is 2. The largest absolute Gasteiger partial charge is 0.334 e. The van der Waals surface area contributed by atoms with Crippen LogP contribution in [-0.2, 0) is 16.4 Å². The van der Waals surface area contributed by atoms with Gasteiger partial charge in [-0.25, -0.2) is 12.7 Å². The maximum atomic E-state index is 12.6. The lowest BCUT2D eigenvalue weighted by molar-refractivity contribution is 0.415. The summed E-state index contributed by atoms with van der Waals surface area (Å²) >= 11 is 5.89. The van der Waals surface area contributed by atoms with E-state index in [2.05, 4.69) is 10.1 Å². The predicted octanol–water partition coefficient (Wildman–Crippen LogP) is 3.56. The van der Waals surface area contributed by atoms with E-state index in [0.29, 0.717) is 23.2 Å². The molecule has 0 aliphatic rings. The molecule has 8 heteroatoms. The first-order valence-corrected chi connectivity index (χ1v) is 9.79. The van der Waals surface area contributed by atoms with E-state index in [4.69, 9.17) is 16.1 Å². The van der Waals surface area contributed by atoms with E-state index in [1.54, 1.807) is 12.1 Å². The summed E-state index contributed by atoms with van der Waals surface area (Å²) in [5.74, 6) is 0.874. The van der Waals surface area contributed by atoms with E-state index < -0.39 is 10.0 Å². The van der Waals surface area contributed by atoms with Crippen LogP contribution in [0.1, 0.15) is 11.4 Å². The molecule has 26 heavy (non-hydrogen) atoms. The van der Waals surface area contributed by atoms with Crippen molar-refractivity contribution in [1.82, 2.24) is 14.4 Å². The molecule has 0 fully saturated rings. The Balaban J connectivity index is 1.69. The standard InChI is InChI=1S/C18H18ClN3O3S/c1-13-5-3-6-14(11-13)18-20-17(21-25-18)9-10-22(2)26(23,24)16-8-4-7-15(19)12-16/h3-8,11-12H,9-10H2,1-2H3. The van der Waals surface area contributed by atoms with E-state index >= 15 is 0 Å². The highest BCUT2D eigenvalue weighted by Crippen LogP contribution is 2.20. The third kappa shape index (κ3) is 4.12. The van der Waals surface area contributed by atoms with Gasteiger partial charge in [-0.15, -0.1) is 0 Å². The molecule has 0 saturated carbocycles. The van der Waals surface area contributed by atoms with Crippen molar-refractivity contribution in [3.63, 3.8) is 0 Å². The van der Waals surface area contributed by atoms with Crippen LogP contribution in [0, 0.1) is 6.92 Å². The zero-order valence-electron chi connectivity index (χ0n) is 14.4. The van der Waals surface area contributed by atoms with Gasteiger partial charge in [0.25, 0.3) is 5.89 Å². The molecule has 1 aromatic heterocycles. The van der Waals surface area contributed by atoms with E-state index in [9.17, 15) is 8.42 Å². The lowest BCUT2D eigenvalue weighted by Gasteiger charge is -2.16. The van der Waals surface area contributed by atoms with Crippen molar-refractivity contribution in [3.8, 4) is 11.5 Å². The molecule has 0 N–H and O–H groups in total. The fourth-order valence-electron chi connectivity index (χ4n) is 2.44. The molecule has 0 amide bonds. The smallest absolute Gasteiger partial charge is 0.257 e. The number of sulfonamides is 1. The Hall–Kier alpha value is -2.22. The zero-order valence-corrected chi connectivity index (χ0v) is 16.0. The van der Waals surface area contributed by atoms with Crippen LogP contribution in [0.2, 0.25) is 5.02 Å². The summed E-state index contributed by atoms with van der Waals surface area (Å²) < 4.78 is 31.7. The van der Waals surface area contributed by atoms with Gasteiger partial charge in [-0.1, -0.05) is 40.5 Å². The minimum Gasteiger partial charge on any atom is -0.334 e. The topological polar surface area (TPSA) is 76.3 Å². The first-order valence-electron chi connectivity index (χ1n) is 7.98. The van der Waals surface area contributed by atoms with Crippen molar-refractivity contribution in [2.45, 2.75) is 18.2 Å². The van der Waals surface area contributed by atoms with Gasteiger partial charge in [-0.3, -0.25) is 0 Å². The van der Waals surface area contributed by atoms with Gasteiger partial charge < -0.3 is 4.52 Å². The number of benzene rings is 2. The highest BCUT2D eigenvalue weighted by Gasteiger charge is 2.21. The molecular weight excluding hydrogens is 374 g/mol. The first-order chi connectivity index (χ1) is 12.4. The Morgan fingerprint density at radius 3 is 2.65 bits per heavy atom. The van der Waals surface area contributed by atoms with E-state index in [-0.39, 0.29) is 11.4 Å². The van der Waals surface area contributed by atoms with Crippen LogP contribution in [-0.4, -0.2) is 36.5 Å². The molecular formula is C18H18ClN3O3S. The minimum absolute atomic E-state index is 0.154. The highest BCUT2D eigenvalue weighted by atomic mass is 35.5. The Bertz CT molecular complexity index is 1020. The Labute approximate surface area is 157 Å². The molecule has 6 nitrogen and oxygen atoms in total. The fourth-order valence-corrected chi connectivity index (χ4v) is 3.91. The van der Waals surface area contributed by atoms with Gasteiger partial charge in [-0.05, 0) is 37.3 Å². The van der Waals surface area contributed by atoms with Gasteiger partial charge in [0.1, 0.15) is 0 Å². The molecule has 0 saturated heterocycles. The van der Waals surface area contributed by atoms with Gasteiger partial charge in [0.2, 0.25) is 10.0 Å². The number of aryl methyl sites for hydroxylation is 1. The van der Waals surface area contributed by atoms with Crippen molar-refractivity contribution < 1.29 is 12.9 Å². The summed E-state index contributed by atoms with van der Waals surface area (Å²) in [4.78, 5) is 4.50. The number of halogens is 1. The van der Waals surface area contributed by atoms with Crippen LogP contribution in [0.4, 0.5) is 0 Å². The Morgan fingerprint density at radius 2 is 1.92 bits per heavy atom. The van der Waals surface area contributed by atoms with Crippen LogP contribution in [0.25, 0.3) is 11.5 Å². The third-order valence-corrected chi connectivity index (χ3v) is 5.98. The van der Waals surface area contributed by atoms with Crippen LogP contribution in [0.3, 0.4) is 0 Å². The fraction of sp³-hybridized carbons (Fsp3) is 0.222. The van der Waals surface area contributed by atoms with E-state index in [0.717, 1.165) is 11.1 Å². The van der Waals surface area contributed by atoms with Crippen molar-refractivity contribution in [2.75, 3.05) is 13.6 Å². The maximum Gasteiger partial charge on any atom is 0.257 e. The molecule has 0 bridgehead atoms. The summed E-state index contributed by atoms with van der Waals surface area (Å²) in [6.45, 7) is 2.21. The molecule has 0 radical (unpaired) electrons. The molecule has 0 unspecified atom stereocenters. The minimum atomic E-state index is -3.62. The average molecular weight is 392 g/mol. The van der Waals surface area contributed by atoms with Crippen molar-refractivity contribution in [3.05, 3.63) is 64.9 Å². The van der Waals surface area contributed by atoms with Gasteiger partial charge in [0, 0.05) is 30.6 Å². The SMILES string of the molecule is Cc1cccc(-c2nc(CCN(C)S(=O)(=O)c3cccc(Cl)c3)no2)c1. The average Bonchev–Trinajstić information content (AvgIpc) is 3.08. The van der Waals surface area contributed by atoms with Crippen LogP contribution >= 0.6 is 11.6 Å². The van der Waals surface area contributed by atoms with Gasteiger partial charge in [0.15, 0.2) is 5.82 Å². The molecule has 0 aliphatic heterocycles. The van der Waals surface area contributed by atoms with E-state index in [1.807, 2.05) is 31.2 Å². The van der Waals surface area contributed by atoms with Crippen molar-refractivity contribution in [1.29, 1.82) is 0 Å². The number of nitrogens with zero attached hydrogens (tertiary/aromatic N) is 3. The summed E-state index contributed by atoms with van der Waals surface area (Å²) in [6, 6.07) is 13.9. The normalized spacial score (nSPS) is 11.8. The van der Waals surface area contributed by atoms with Crippen molar-refractivity contribution >= 4 is 21.6 Å². The van der Waals surface area contributed by atoms with Gasteiger partial charge >= 0.3 is 0 Å². The lowest BCUT2D eigenvalue weighted by atomic mass is 10.1. The molecule has 136 valence electrons. The summed E-state index contributed by atoms with van der Waals surface area (Å²) in [6.07, 6.45) is 0.339. The first kappa shape index (κ1) is 18.6. The van der Waals surface area contributed by atoms with Crippen LogP contribution in [0.15, 0.2) is 57.9 Å². The molecule has 3 aromatic rings.